The van der Waals surface area contributed by atoms with Crippen molar-refractivity contribution < 1.29 is 4.79 Å². The van der Waals surface area contributed by atoms with Crippen LogP contribution in [0.3, 0.4) is 0 Å². The molecule has 0 aliphatic carbocycles. The number of carbonyl (C=O) groups excluding carboxylic acids is 1. The van der Waals surface area contributed by atoms with Crippen molar-refractivity contribution in [2.24, 2.45) is 0 Å². The molecule has 1 unspecified atom stereocenters. The van der Waals surface area contributed by atoms with Gasteiger partial charge in [-0.25, -0.2) is 0 Å². The predicted molar refractivity (Wildman–Crippen MR) is 89.6 cm³/mol. The Morgan fingerprint density at radius 1 is 1.10 bits per heavy atom. The smallest absolute Gasteiger partial charge is 0.254 e. The molecule has 0 heterocycles. The van der Waals surface area contributed by atoms with E-state index in [1.807, 2.05) is 35.2 Å². The zero-order chi connectivity index (χ0) is 15.2. The van der Waals surface area contributed by atoms with Crippen molar-refractivity contribution in [1.29, 1.82) is 0 Å². The van der Waals surface area contributed by atoms with Gasteiger partial charge in [-0.05, 0) is 42.7 Å². The molecular weight excluding hydrogens is 258 g/mol. The molecule has 1 amide bonds. The molecule has 0 radical (unpaired) electrons. The molecule has 1 atom stereocenters. The molecule has 0 saturated carbocycles. The molecule has 0 aliphatic rings. The first-order chi connectivity index (χ1) is 10.2. The molecule has 0 bridgehead atoms. The summed E-state index contributed by atoms with van der Waals surface area (Å²) in [4.78, 5) is 14.8. The summed E-state index contributed by atoms with van der Waals surface area (Å²) in [6.45, 7) is 7.28. The van der Waals surface area contributed by atoms with E-state index in [2.05, 4.69) is 32.9 Å². The van der Waals surface area contributed by atoms with E-state index in [0.717, 1.165) is 36.8 Å². The summed E-state index contributed by atoms with van der Waals surface area (Å²) in [7, 11) is 0. The van der Waals surface area contributed by atoms with Gasteiger partial charge in [0.05, 0.1) is 0 Å². The molecule has 21 heavy (non-hydrogen) atoms. The Morgan fingerprint density at radius 3 is 2.48 bits per heavy atom. The number of hydrogen-bond donors (Lipinski definition) is 0. The highest BCUT2D eigenvalue weighted by atomic mass is 16.2. The van der Waals surface area contributed by atoms with Gasteiger partial charge in [0.1, 0.15) is 0 Å². The molecule has 2 aromatic rings. The maximum Gasteiger partial charge on any atom is 0.254 e. The predicted octanol–water partition coefficient (Wildman–Crippen LogP) is 4.88. The molecule has 2 heteroatoms. The topological polar surface area (TPSA) is 20.3 Å². The third-order valence-corrected chi connectivity index (χ3v) is 4.13. The van der Waals surface area contributed by atoms with Crippen molar-refractivity contribution >= 4 is 16.7 Å². The molecule has 0 aromatic heterocycles. The maximum absolute atomic E-state index is 12.8. The summed E-state index contributed by atoms with van der Waals surface area (Å²) in [5.41, 5.74) is 0.796. The van der Waals surface area contributed by atoms with E-state index in [9.17, 15) is 4.79 Å². The van der Waals surface area contributed by atoms with Crippen LogP contribution in [0.5, 0.6) is 0 Å². The Morgan fingerprint density at radius 2 is 1.81 bits per heavy atom. The first kappa shape index (κ1) is 15.6. The summed E-state index contributed by atoms with van der Waals surface area (Å²) in [5, 5.41) is 2.31. The van der Waals surface area contributed by atoms with Crippen LogP contribution in [0.2, 0.25) is 0 Å². The van der Waals surface area contributed by atoms with Gasteiger partial charge in [0.25, 0.3) is 5.91 Å². The van der Waals surface area contributed by atoms with Crippen LogP contribution in [0.1, 0.15) is 50.4 Å². The van der Waals surface area contributed by atoms with Gasteiger partial charge in [-0.15, -0.1) is 0 Å². The summed E-state index contributed by atoms with van der Waals surface area (Å²) in [6, 6.07) is 14.5. The second kappa shape index (κ2) is 7.26. The van der Waals surface area contributed by atoms with Gasteiger partial charge in [-0.2, -0.15) is 0 Å². The lowest BCUT2D eigenvalue weighted by Crippen LogP contribution is -2.39. The van der Waals surface area contributed by atoms with Crippen molar-refractivity contribution in [2.45, 2.75) is 46.1 Å². The molecular formula is C19H25NO. The number of unbranched alkanes of at least 4 members (excludes halogenated alkanes) is 1. The van der Waals surface area contributed by atoms with E-state index in [4.69, 9.17) is 0 Å². The first-order valence-corrected chi connectivity index (χ1v) is 7.97. The molecule has 0 spiro atoms. The fourth-order valence-electron chi connectivity index (χ4n) is 2.56. The monoisotopic (exact) mass is 283 g/mol. The van der Waals surface area contributed by atoms with Crippen molar-refractivity contribution in [2.75, 3.05) is 6.54 Å². The van der Waals surface area contributed by atoms with Crippen LogP contribution in [-0.2, 0) is 0 Å². The molecule has 0 saturated heterocycles. The van der Waals surface area contributed by atoms with E-state index < -0.39 is 0 Å². The zero-order valence-electron chi connectivity index (χ0n) is 13.3. The quantitative estimate of drug-likeness (QED) is 0.740. The van der Waals surface area contributed by atoms with Crippen molar-refractivity contribution in [3.63, 3.8) is 0 Å². The number of fused-ring (bicyclic) bond motifs is 1. The molecule has 2 aromatic carbocycles. The standard InChI is InChI=1S/C19H25NO/c1-4-6-13-20(15(3)5-2)19(21)18-12-11-16-9-7-8-10-17(16)14-18/h7-12,14-15H,4-6,13H2,1-3H3. The Hall–Kier alpha value is -1.83. The number of benzene rings is 2. The van der Waals surface area contributed by atoms with Crippen molar-refractivity contribution in [1.82, 2.24) is 4.90 Å². The van der Waals surface area contributed by atoms with Gasteiger partial charge < -0.3 is 4.90 Å². The largest absolute Gasteiger partial charge is 0.336 e. The van der Waals surface area contributed by atoms with Gasteiger partial charge in [0.15, 0.2) is 0 Å². The summed E-state index contributed by atoms with van der Waals surface area (Å²) < 4.78 is 0. The average Bonchev–Trinajstić information content (AvgIpc) is 2.54. The molecule has 112 valence electrons. The van der Waals surface area contributed by atoms with Crippen LogP contribution in [0.15, 0.2) is 42.5 Å². The second-order valence-electron chi connectivity index (χ2n) is 5.67. The average molecular weight is 283 g/mol. The second-order valence-corrected chi connectivity index (χ2v) is 5.67. The minimum atomic E-state index is 0.156. The number of rotatable bonds is 6. The Balaban J connectivity index is 2.28. The highest BCUT2D eigenvalue weighted by Gasteiger charge is 2.19. The zero-order valence-corrected chi connectivity index (χ0v) is 13.3. The number of hydrogen-bond acceptors (Lipinski definition) is 1. The third-order valence-electron chi connectivity index (χ3n) is 4.13. The summed E-state index contributed by atoms with van der Waals surface area (Å²) in [5.74, 6) is 0.156. The fourth-order valence-corrected chi connectivity index (χ4v) is 2.56. The normalized spacial score (nSPS) is 12.3. The van der Waals surface area contributed by atoms with Crippen LogP contribution in [-0.4, -0.2) is 23.4 Å². The van der Waals surface area contributed by atoms with E-state index >= 15 is 0 Å². The summed E-state index contributed by atoms with van der Waals surface area (Å²) in [6.07, 6.45) is 3.16. The minimum Gasteiger partial charge on any atom is -0.336 e. The Bertz CT molecular complexity index is 605. The van der Waals surface area contributed by atoms with Crippen LogP contribution in [0.4, 0.5) is 0 Å². The molecule has 0 aliphatic heterocycles. The first-order valence-electron chi connectivity index (χ1n) is 7.97. The van der Waals surface area contributed by atoms with Gasteiger partial charge >= 0.3 is 0 Å². The van der Waals surface area contributed by atoms with Gasteiger partial charge in [-0.1, -0.05) is 50.6 Å². The van der Waals surface area contributed by atoms with Crippen LogP contribution >= 0.6 is 0 Å². The lowest BCUT2D eigenvalue weighted by molar-refractivity contribution is 0.0685. The van der Waals surface area contributed by atoms with E-state index in [1.165, 1.54) is 5.39 Å². The molecule has 0 fully saturated rings. The van der Waals surface area contributed by atoms with Gasteiger partial charge in [-0.3, -0.25) is 4.79 Å². The third kappa shape index (κ3) is 3.63. The van der Waals surface area contributed by atoms with Crippen LogP contribution < -0.4 is 0 Å². The lowest BCUT2D eigenvalue weighted by Gasteiger charge is -2.28. The minimum absolute atomic E-state index is 0.156. The van der Waals surface area contributed by atoms with E-state index in [0.29, 0.717) is 0 Å². The van der Waals surface area contributed by atoms with Gasteiger partial charge in [0.2, 0.25) is 0 Å². The highest BCUT2D eigenvalue weighted by molar-refractivity contribution is 5.98. The van der Waals surface area contributed by atoms with Gasteiger partial charge in [0, 0.05) is 18.2 Å². The number of nitrogens with zero attached hydrogens (tertiary/aromatic N) is 1. The SMILES string of the molecule is CCCCN(C(=O)c1ccc2ccccc2c1)C(C)CC. The van der Waals surface area contributed by atoms with E-state index in [1.54, 1.807) is 0 Å². The Labute approximate surface area is 127 Å². The lowest BCUT2D eigenvalue weighted by atomic mass is 10.0. The van der Waals surface area contributed by atoms with Crippen molar-refractivity contribution in [3.8, 4) is 0 Å². The van der Waals surface area contributed by atoms with Crippen molar-refractivity contribution in [3.05, 3.63) is 48.0 Å². The summed E-state index contributed by atoms with van der Waals surface area (Å²) >= 11 is 0. The fraction of sp³-hybridized carbons (Fsp3) is 0.421. The maximum atomic E-state index is 12.8. The van der Waals surface area contributed by atoms with Crippen LogP contribution in [0.25, 0.3) is 10.8 Å². The van der Waals surface area contributed by atoms with Crippen LogP contribution in [0, 0.1) is 0 Å². The molecule has 0 N–H and O–H groups in total. The molecule has 2 nitrogen and oxygen atoms in total. The Kier molecular flexibility index (Phi) is 5.38. The number of amides is 1. The number of carbonyl (C=O) groups is 1. The molecule has 2 rings (SSSR count). The highest BCUT2D eigenvalue weighted by Crippen LogP contribution is 2.18. The van der Waals surface area contributed by atoms with E-state index in [-0.39, 0.29) is 11.9 Å².